The molecule has 2 atom stereocenters. The number of carbonyl (C=O) groups excluding carboxylic acids is 2. The molecular weight excluding hydrogens is 272 g/mol. The Morgan fingerprint density at radius 1 is 1.33 bits per heavy atom. The van der Waals surface area contributed by atoms with E-state index >= 15 is 0 Å². The zero-order valence-electron chi connectivity index (χ0n) is 12.6. The zero-order valence-corrected chi connectivity index (χ0v) is 12.6. The molecule has 1 amide bonds. The fraction of sp³-hybridized carbons (Fsp3) is 0.467. The third-order valence-corrected chi connectivity index (χ3v) is 3.03. The largest absolute Gasteiger partial charge is 0.452 e. The van der Waals surface area contributed by atoms with Gasteiger partial charge in [0.2, 0.25) is 0 Å². The summed E-state index contributed by atoms with van der Waals surface area (Å²) >= 11 is 0. The molecule has 1 aromatic carbocycles. The van der Waals surface area contributed by atoms with E-state index in [2.05, 4.69) is 5.32 Å². The molecule has 0 fully saturated rings. The van der Waals surface area contributed by atoms with E-state index in [0.29, 0.717) is 18.8 Å². The SMILES string of the molecule is COCCNC(=O)C(C)OC(=O)C(C)c1cccc(N)c1. The molecule has 0 heterocycles. The lowest BCUT2D eigenvalue weighted by molar-refractivity contribution is -0.156. The van der Waals surface area contributed by atoms with Gasteiger partial charge in [0.15, 0.2) is 6.10 Å². The lowest BCUT2D eigenvalue weighted by Gasteiger charge is -2.17. The number of methoxy groups -OCH3 is 1. The van der Waals surface area contributed by atoms with E-state index in [1.54, 1.807) is 38.3 Å². The molecule has 0 saturated heterocycles. The third kappa shape index (κ3) is 5.43. The van der Waals surface area contributed by atoms with Crippen LogP contribution in [-0.2, 0) is 19.1 Å². The molecule has 0 saturated carbocycles. The number of nitrogen functional groups attached to an aromatic ring is 1. The molecule has 0 aliphatic heterocycles. The normalized spacial score (nSPS) is 13.3. The van der Waals surface area contributed by atoms with Crippen LogP contribution < -0.4 is 11.1 Å². The van der Waals surface area contributed by atoms with E-state index in [9.17, 15) is 9.59 Å². The van der Waals surface area contributed by atoms with E-state index in [0.717, 1.165) is 5.56 Å². The van der Waals surface area contributed by atoms with Gasteiger partial charge in [-0.1, -0.05) is 12.1 Å². The Hall–Kier alpha value is -2.08. The molecule has 2 unspecified atom stereocenters. The number of nitrogens with one attached hydrogen (secondary N) is 1. The summed E-state index contributed by atoms with van der Waals surface area (Å²) in [7, 11) is 1.54. The Bertz CT molecular complexity index is 490. The van der Waals surface area contributed by atoms with E-state index < -0.39 is 18.0 Å². The van der Waals surface area contributed by atoms with Gasteiger partial charge in [-0.3, -0.25) is 9.59 Å². The number of rotatable bonds is 7. The summed E-state index contributed by atoms with van der Waals surface area (Å²) in [6.45, 7) is 4.03. The number of benzene rings is 1. The predicted octanol–water partition coefficient (Wildman–Crippen LogP) is 1.07. The van der Waals surface area contributed by atoms with Gasteiger partial charge in [-0.25, -0.2) is 0 Å². The zero-order chi connectivity index (χ0) is 15.8. The number of carbonyl (C=O) groups is 2. The van der Waals surface area contributed by atoms with Crippen LogP contribution in [0.15, 0.2) is 24.3 Å². The molecule has 0 spiro atoms. The number of nitrogens with two attached hydrogens (primary N) is 1. The van der Waals surface area contributed by atoms with Gasteiger partial charge in [0, 0.05) is 19.3 Å². The molecule has 0 radical (unpaired) electrons. The topological polar surface area (TPSA) is 90.6 Å². The molecule has 0 aliphatic carbocycles. The van der Waals surface area contributed by atoms with Crippen LogP contribution in [-0.4, -0.2) is 38.2 Å². The Balaban J connectivity index is 2.53. The van der Waals surface area contributed by atoms with Crippen molar-refractivity contribution in [2.24, 2.45) is 0 Å². The molecule has 0 aliphatic rings. The molecular formula is C15H22N2O4. The quantitative estimate of drug-likeness (QED) is 0.446. The molecule has 116 valence electrons. The first-order chi connectivity index (χ1) is 9.95. The molecule has 1 rings (SSSR count). The second kappa shape index (κ2) is 8.26. The van der Waals surface area contributed by atoms with Gasteiger partial charge in [0.05, 0.1) is 12.5 Å². The van der Waals surface area contributed by atoms with Crippen LogP contribution in [0.4, 0.5) is 5.69 Å². The lowest BCUT2D eigenvalue weighted by Crippen LogP contribution is -2.38. The fourth-order valence-corrected chi connectivity index (χ4v) is 1.71. The third-order valence-electron chi connectivity index (χ3n) is 3.03. The van der Waals surface area contributed by atoms with Gasteiger partial charge in [-0.2, -0.15) is 0 Å². The Kier molecular flexibility index (Phi) is 6.68. The Labute approximate surface area is 124 Å². The highest BCUT2D eigenvalue weighted by Gasteiger charge is 2.22. The van der Waals surface area contributed by atoms with Crippen molar-refractivity contribution in [3.8, 4) is 0 Å². The van der Waals surface area contributed by atoms with Gasteiger partial charge >= 0.3 is 5.97 Å². The fourth-order valence-electron chi connectivity index (χ4n) is 1.71. The van der Waals surface area contributed by atoms with Crippen molar-refractivity contribution in [3.63, 3.8) is 0 Å². The van der Waals surface area contributed by atoms with Crippen molar-refractivity contribution in [2.45, 2.75) is 25.9 Å². The van der Waals surface area contributed by atoms with Crippen LogP contribution in [0.1, 0.15) is 25.3 Å². The van der Waals surface area contributed by atoms with Crippen molar-refractivity contribution < 1.29 is 19.1 Å². The van der Waals surface area contributed by atoms with Crippen molar-refractivity contribution >= 4 is 17.6 Å². The number of ether oxygens (including phenoxy) is 2. The Morgan fingerprint density at radius 2 is 2.05 bits per heavy atom. The van der Waals surface area contributed by atoms with E-state index in [-0.39, 0.29) is 5.91 Å². The molecule has 1 aromatic rings. The Morgan fingerprint density at radius 3 is 2.67 bits per heavy atom. The van der Waals surface area contributed by atoms with E-state index in [4.69, 9.17) is 15.2 Å². The monoisotopic (exact) mass is 294 g/mol. The van der Waals surface area contributed by atoms with Gasteiger partial charge in [-0.15, -0.1) is 0 Å². The summed E-state index contributed by atoms with van der Waals surface area (Å²) in [5.74, 6) is -1.29. The van der Waals surface area contributed by atoms with Crippen molar-refractivity contribution in [1.29, 1.82) is 0 Å². The minimum absolute atomic E-state index is 0.347. The highest BCUT2D eigenvalue weighted by Crippen LogP contribution is 2.19. The summed E-state index contributed by atoms with van der Waals surface area (Å²) in [4.78, 5) is 23.7. The van der Waals surface area contributed by atoms with Crippen molar-refractivity contribution in [1.82, 2.24) is 5.32 Å². The van der Waals surface area contributed by atoms with Crippen LogP contribution in [0.3, 0.4) is 0 Å². The molecule has 6 nitrogen and oxygen atoms in total. The molecule has 21 heavy (non-hydrogen) atoms. The van der Waals surface area contributed by atoms with Crippen LogP contribution in [0.2, 0.25) is 0 Å². The van der Waals surface area contributed by atoms with Crippen LogP contribution in [0.5, 0.6) is 0 Å². The maximum Gasteiger partial charge on any atom is 0.313 e. The smallest absolute Gasteiger partial charge is 0.313 e. The second-order valence-electron chi connectivity index (χ2n) is 4.75. The highest BCUT2D eigenvalue weighted by atomic mass is 16.5. The maximum absolute atomic E-state index is 12.0. The van der Waals surface area contributed by atoms with Gasteiger partial charge in [0.25, 0.3) is 5.91 Å². The minimum atomic E-state index is -0.849. The van der Waals surface area contributed by atoms with Crippen LogP contribution >= 0.6 is 0 Å². The molecule has 0 aromatic heterocycles. The summed E-state index contributed by atoms with van der Waals surface area (Å²) < 4.78 is 9.99. The maximum atomic E-state index is 12.0. The first-order valence-electron chi connectivity index (χ1n) is 6.78. The number of esters is 1. The standard InChI is InChI=1S/C15H22N2O4/c1-10(12-5-4-6-13(16)9-12)15(19)21-11(2)14(18)17-7-8-20-3/h4-6,9-11H,7-8,16H2,1-3H3,(H,17,18). The van der Waals surface area contributed by atoms with Gasteiger partial charge in [0.1, 0.15) is 0 Å². The first-order valence-corrected chi connectivity index (χ1v) is 6.78. The molecule has 3 N–H and O–H groups in total. The van der Waals surface area contributed by atoms with Crippen LogP contribution in [0, 0.1) is 0 Å². The highest BCUT2D eigenvalue weighted by molar-refractivity contribution is 5.85. The molecule has 6 heteroatoms. The summed E-state index contributed by atoms with van der Waals surface area (Å²) in [6.07, 6.45) is -0.849. The minimum Gasteiger partial charge on any atom is -0.452 e. The van der Waals surface area contributed by atoms with Crippen LogP contribution in [0.25, 0.3) is 0 Å². The first kappa shape index (κ1) is 17.0. The van der Waals surface area contributed by atoms with E-state index in [1.165, 1.54) is 6.92 Å². The number of hydrogen-bond donors (Lipinski definition) is 2. The summed E-state index contributed by atoms with van der Waals surface area (Å²) in [5, 5.41) is 2.62. The summed E-state index contributed by atoms with van der Waals surface area (Å²) in [6, 6.07) is 7.03. The van der Waals surface area contributed by atoms with Crippen molar-refractivity contribution in [2.75, 3.05) is 26.0 Å². The number of hydrogen-bond acceptors (Lipinski definition) is 5. The van der Waals surface area contributed by atoms with Gasteiger partial charge < -0.3 is 20.5 Å². The average Bonchev–Trinajstić information content (AvgIpc) is 2.46. The predicted molar refractivity (Wildman–Crippen MR) is 79.7 cm³/mol. The van der Waals surface area contributed by atoms with E-state index in [1.807, 2.05) is 0 Å². The average molecular weight is 294 g/mol. The van der Waals surface area contributed by atoms with Gasteiger partial charge in [-0.05, 0) is 31.5 Å². The number of anilines is 1. The van der Waals surface area contributed by atoms with Crippen molar-refractivity contribution in [3.05, 3.63) is 29.8 Å². The summed E-state index contributed by atoms with van der Waals surface area (Å²) in [5.41, 5.74) is 7.02. The number of amides is 1. The lowest BCUT2D eigenvalue weighted by atomic mass is 10.0. The second-order valence-corrected chi connectivity index (χ2v) is 4.75. The molecule has 0 bridgehead atoms.